The topological polar surface area (TPSA) is 23.6 Å². The first-order valence-corrected chi connectivity index (χ1v) is 8.80. The number of fused-ring (bicyclic) bond motifs is 1. The molecule has 2 aromatic rings. The number of rotatable bonds is 7. The largest absolute Gasteiger partial charge is 0.360 e. The Morgan fingerprint density at radius 3 is 2.52 bits per heavy atom. The van der Waals surface area contributed by atoms with Crippen LogP contribution in [0, 0.1) is 0 Å². The van der Waals surface area contributed by atoms with Crippen LogP contribution < -0.4 is 4.90 Å². The van der Waals surface area contributed by atoms with Crippen LogP contribution in [0.5, 0.6) is 0 Å². The standard InChI is InChI=1S/C22H26N2O/c1-17-9-10-19-13-20(11-12-22(17)19)24(16-21(25)15-23(2)3)14-18-7-5-4-6-8-18/h4-13,17H,14-16H2,1-3H3. The van der Waals surface area contributed by atoms with Crippen molar-refractivity contribution in [3.05, 3.63) is 71.3 Å². The Morgan fingerprint density at radius 2 is 1.80 bits per heavy atom. The molecule has 1 aliphatic carbocycles. The lowest BCUT2D eigenvalue weighted by atomic mass is 10.0. The van der Waals surface area contributed by atoms with Crippen molar-refractivity contribution in [3.63, 3.8) is 0 Å². The predicted molar refractivity (Wildman–Crippen MR) is 105 cm³/mol. The van der Waals surface area contributed by atoms with Gasteiger partial charge < -0.3 is 9.80 Å². The van der Waals surface area contributed by atoms with Gasteiger partial charge >= 0.3 is 0 Å². The van der Waals surface area contributed by atoms with Gasteiger partial charge in [-0.2, -0.15) is 0 Å². The second-order valence-electron chi connectivity index (χ2n) is 7.08. The molecule has 0 aliphatic heterocycles. The van der Waals surface area contributed by atoms with E-state index in [2.05, 4.69) is 54.3 Å². The number of likely N-dealkylation sites (N-methyl/N-ethyl adjacent to an activating group) is 1. The molecule has 0 amide bonds. The van der Waals surface area contributed by atoms with E-state index < -0.39 is 0 Å². The van der Waals surface area contributed by atoms with Crippen LogP contribution >= 0.6 is 0 Å². The van der Waals surface area contributed by atoms with Crippen molar-refractivity contribution in [1.29, 1.82) is 0 Å². The number of carbonyl (C=O) groups excluding carboxylic acids is 1. The molecule has 0 fully saturated rings. The monoisotopic (exact) mass is 334 g/mol. The molecule has 0 aromatic heterocycles. The Bertz CT molecular complexity index is 765. The molecule has 3 rings (SSSR count). The van der Waals surface area contributed by atoms with Gasteiger partial charge in [-0.3, -0.25) is 4.79 Å². The number of hydrogen-bond donors (Lipinski definition) is 0. The highest BCUT2D eigenvalue weighted by Crippen LogP contribution is 2.32. The minimum absolute atomic E-state index is 0.227. The Morgan fingerprint density at radius 1 is 1.04 bits per heavy atom. The summed E-state index contributed by atoms with van der Waals surface area (Å²) in [5.74, 6) is 0.701. The number of Topliss-reactive ketones (excluding diaryl/α,β-unsaturated/α-hetero) is 1. The van der Waals surface area contributed by atoms with Gasteiger partial charge in [0.15, 0.2) is 5.78 Å². The summed E-state index contributed by atoms with van der Waals surface area (Å²) in [5, 5.41) is 0. The molecule has 3 nitrogen and oxygen atoms in total. The summed E-state index contributed by atoms with van der Waals surface area (Å²) in [5.41, 5.74) is 4.95. The van der Waals surface area contributed by atoms with E-state index in [1.54, 1.807) is 0 Å². The molecule has 0 saturated heterocycles. The third-order valence-electron chi connectivity index (χ3n) is 4.57. The minimum Gasteiger partial charge on any atom is -0.360 e. The summed E-state index contributed by atoms with van der Waals surface area (Å²) in [6.07, 6.45) is 4.42. The van der Waals surface area contributed by atoms with Gasteiger partial charge in [0, 0.05) is 12.2 Å². The van der Waals surface area contributed by atoms with Crippen LogP contribution in [0.25, 0.3) is 6.08 Å². The third kappa shape index (κ3) is 4.37. The van der Waals surface area contributed by atoms with Crippen molar-refractivity contribution in [3.8, 4) is 0 Å². The van der Waals surface area contributed by atoms with Gasteiger partial charge in [0.25, 0.3) is 0 Å². The van der Waals surface area contributed by atoms with Crippen LogP contribution in [0.4, 0.5) is 5.69 Å². The maximum Gasteiger partial charge on any atom is 0.165 e. The van der Waals surface area contributed by atoms with Crippen LogP contribution in [-0.4, -0.2) is 37.9 Å². The van der Waals surface area contributed by atoms with Crippen LogP contribution in [0.2, 0.25) is 0 Å². The van der Waals surface area contributed by atoms with Crippen molar-refractivity contribution in [1.82, 2.24) is 4.90 Å². The number of allylic oxidation sites excluding steroid dienone is 1. The molecule has 2 aromatic carbocycles. The van der Waals surface area contributed by atoms with E-state index in [4.69, 9.17) is 0 Å². The summed E-state index contributed by atoms with van der Waals surface area (Å²) in [4.78, 5) is 16.5. The molecule has 1 atom stereocenters. The van der Waals surface area contributed by atoms with Crippen LogP contribution in [0.15, 0.2) is 54.6 Å². The van der Waals surface area contributed by atoms with E-state index in [1.165, 1.54) is 16.7 Å². The Balaban J connectivity index is 1.85. The predicted octanol–water partition coefficient (Wildman–Crippen LogP) is 3.95. The molecule has 0 spiro atoms. The number of benzene rings is 2. The second-order valence-corrected chi connectivity index (χ2v) is 7.08. The average Bonchev–Trinajstić information content (AvgIpc) is 2.95. The Labute approximate surface area is 150 Å². The van der Waals surface area contributed by atoms with Gasteiger partial charge in [0.1, 0.15) is 0 Å². The van der Waals surface area contributed by atoms with E-state index in [0.29, 0.717) is 19.0 Å². The lowest BCUT2D eigenvalue weighted by molar-refractivity contribution is -0.118. The zero-order valence-corrected chi connectivity index (χ0v) is 15.3. The van der Waals surface area contributed by atoms with Gasteiger partial charge in [-0.15, -0.1) is 0 Å². The van der Waals surface area contributed by atoms with E-state index in [9.17, 15) is 4.79 Å². The number of ketones is 1. The third-order valence-corrected chi connectivity index (χ3v) is 4.57. The minimum atomic E-state index is 0.227. The van der Waals surface area contributed by atoms with Crippen molar-refractivity contribution in [2.75, 3.05) is 32.1 Å². The van der Waals surface area contributed by atoms with Crippen LogP contribution in [-0.2, 0) is 11.3 Å². The zero-order chi connectivity index (χ0) is 17.8. The van der Waals surface area contributed by atoms with E-state index in [0.717, 1.165) is 12.2 Å². The maximum atomic E-state index is 12.4. The highest BCUT2D eigenvalue weighted by atomic mass is 16.1. The average molecular weight is 334 g/mol. The lowest BCUT2D eigenvalue weighted by Crippen LogP contribution is -2.34. The first kappa shape index (κ1) is 17.4. The molecule has 0 bridgehead atoms. The summed E-state index contributed by atoms with van der Waals surface area (Å²) in [6.45, 7) is 3.83. The molecule has 25 heavy (non-hydrogen) atoms. The van der Waals surface area contributed by atoms with E-state index in [1.807, 2.05) is 37.2 Å². The van der Waals surface area contributed by atoms with Crippen molar-refractivity contribution in [2.24, 2.45) is 0 Å². The van der Waals surface area contributed by atoms with Crippen molar-refractivity contribution >= 4 is 17.5 Å². The summed E-state index contributed by atoms with van der Waals surface area (Å²) >= 11 is 0. The normalized spacial score (nSPS) is 15.4. The molecule has 0 N–H and O–H groups in total. The molecule has 3 heteroatoms. The zero-order valence-electron chi connectivity index (χ0n) is 15.3. The summed E-state index contributed by atoms with van der Waals surface area (Å²) in [6, 6.07) is 16.9. The molecular formula is C22H26N2O. The van der Waals surface area contributed by atoms with Crippen molar-refractivity contribution in [2.45, 2.75) is 19.4 Å². The Hall–Kier alpha value is -2.39. The van der Waals surface area contributed by atoms with Crippen LogP contribution in [0.1, 0.15) is 29.5 Å². The lowest BCUT2D eigenvalue weighted by Gasteiger charge is -2.26. The maximum absolute atomic E-state index is 12.4. The number of carbonyl (C=O) groups is 1. The first-order valence-electron chi connectivity index (χ1n) is 8.80. The SMILES string of the molecule is CC1C=Cc2cc(N(CC(=O)CN(C)C)Cc3ccccc3)ccc21. The highest BCUT2D eigenvalue weighted by molar-refractivity contribution is 5.85. The molecule has 0 saturated carbocycles. The quantitative estimate of drug-likeness (QED) is 0.766. The second kappa shape index (κ2) is 7.66. The molecule has 1 aliphatic rings. The van der Waals surface area contributed by atoms with E-state index >= 15 is 0 Å². The molecule has 0 heterocycles. The van der Waals surface area contributed by atoms with Gasteiger partial charge in [-0.25, -0.2) is 0 Å². The Kier molecular flexibility index (Phi) is 5.34. The summed E-state index contributed by atoms with van der Waals surface area (Å²) in [7, 11) is 3.86. The van der Waals surface area contributed by atoms with Gasteiger partial charge in [-0.1, -0.05) is 55.5 Å². The molecule has 1 unspecified atom stereocenters. The fourth-order valence-electron chi connectivity index (χ4n) is 3.33. The first-order chi connectivity index (χ1) is 12.0. The molecular weight excluding hydrogens is 308 g/mol. The fraction of sp³-hybridized carbons (Fsp3) is 0.318. The van der Waals surface area contributed by atoms with Gasteiger partial charge in [-0.05, 0) is 48.8 Å². The fourth-order valence-corrected chi connectivity index (χ4v) is 3.33. The van der Waals surface area contributed by atoms with E-state index in [-0.39, 0.29) is 5.78 Å². The molecule has 130 valence electrons. The van der Waals surface area contributed by atoms with Gasteiger partial charge in [0.2, 0.25) is 0 Å². The number of nitrogens with zero attached hydrogens (tertiary/aromatic N) is 2. The molecule has 0 radical (unpaired) electrons. The number of hydrogen-bond acceptors (Lipinski definition) is 3. The van der Waals surface area contributed by atoms with Gasteiger partial charge in [0.05, 0.1) is 13.1 Å². The highest BCUT2D eigenvalue weighted by Gasteiger charge is 2.17. The number of anilines is 1. The van der Waals surface area contributed by atoms with Crippen molar-refractivity contribution < 1.29 is 4.79 Å². The smallest absolute Gasteiger partial charge is 0.165 e. The van der Waals surface area contributed by atoms with Crippen LogP contribution in [0.3, 0.4) is 0 Å². The summed E-state index contributed by atoms with van der Waals surface area (Å²) < 4.78 is 0.